The monoisotopic (exact) mass is 424 g/mol. The number of rotatable bonds is 8. The molecule has 0 spiro atoms. The van der Waals surface area contributed by atoms with Crippen molar-refractivity contribution < 1.29 is 14.3 Å². The first-order valence-corrected chi connectivity index (χ1v) is 10.7. The van der Waals surface area contributed by atoms with Crippen molar-refractivity contribution in [2.45, 2.75) is 25.5 Å². The van der Waals surface area contributed by atoms with E-state index in [1.54, 1.807) is 12.1 Å². The zero-order valence-electron chi connectivity index (χ0n) is 16.5. The second-order valence-corrected chi connectivity index (χ2v) is 8.09. The van der Waals surface area contributed by atoms with Crippen LogP contribution in [0.4, 0.5) is 11.6 Å². The predicted octanol–water partition coefficient (Wildman–Crippen LogP) is 4.04. The molecule has 2 aromatic heterocycles. The molecule has 7 nitrogen and oxygen atoms in total. The maximum atomic E-state index is 12.5. The number of hydrogen-bond acceptors (Lipinski definition) is 7. The van der Waals surface area contributed by atoms with Gasteiger partial charge < -0.3 is 25.8 Å². The van der Waals surface area contributed by atoms with Gasteiger partial charge in [-0.2, -0.15) is 0 Å². The van der Waals surface area contributed by atoms with E-state index in [1.165, 1.54) is 11.3 Å². The number of aromatic nitrogens is 1. The summed E-state index contributed by atoms with van der Waals surface area (Å²) in [5, 5.41) is 6.87. The fraction of sp³-hybridized carbons (Fsp3) is 0.273. The molecule has 30 heavy (non-hydrogen) atoms. The molecule has 1 aliphatic heterocycles. The van der Waals surface area contributed by atoms with Crippen molar-refractivity contribution in [1.29, 1.82) is 0 Å². The number of nitrogens with one attached hydrogen (secondary N) is 2. The molecule has 3 heterocycles. The summed E-state index contributed by atoms with van der Waals surface area (Å²) in [5.41, 5.74) is 6.36. The number of nitrogens with zero attached hydrogens (tertiary/aromatic N) is 1. The first-order chi connectivity index (χ1) is 14.7. The van der Waals surface area contributed by atoms with E-state index in [9.17, 15) is 4.79 Å². The van der Waals surface area contributed by atoms with Gasteiger partial charge in [-0.1, -0.05) is 18.2 Å². The van der Waals surface area contributed by atoms with Crippen LogP contribution >= 0.6 is 11.3 Å². The minimum absolute atomic E-state index is 0.198. The number of anilines is 2. The van der Waals surface area contributed by atoms with E-state index in [0.29, 0.717) is 24.5 Å². The number of amides is 1. The van der Waals surface area contributed by atoms with Crippen LogP contribution in [0.25, 0.3) is 0 Å². The number of nitrogens with two attached hydrogens (primary N) is 1. The second kappa shape index (κ2) is 9.60. The fourth-order valence-corrected chi connectivity index (χ4v) is 3.98. The molecule has 4 N–H and O–H groups in total. The maximum absolute atomic E-state index is 12.5. The second-order valence-electron chi connectivity index (χ2n) is 6.96. The SMILES string of the molecule is Nc1nc(NCC2CCCO2)ccc1C(=O)NCc1ccc(Oc2ccccc2)s1. The standard InChI is InChI=1S/C22H24N4O3S/c23-21-18(9-10-19(26-21)24-13-16-7-4-12-28-16)22(27)25-14-17-8-11-20(30-17)29-15-5-2-1-3-6-15/h1-3,5-6,8-11,16H,4,7,12-14H2,(H,25,27)(H3,23,24,26). The number of carbonyl (C=O) groups is 1. The average molecular weight is 425 g/mol. The van der Waals surface area contributed by atoms with Crippen LogP contribution in [-0.2, 0) is 11.3 Å². The van der Waals surface area contributed by atoms with Gasteiger partial charge in [0.25, 0.3) is 5.91 Å². The van der Waals surface area contributed by atoms with E-state index < -0.39 is 0 Å². The summed E-state index contributed by atoms with van der Waals surface area (Å²) in [5.74, 6) is 1.36. The summed E-state index contributed by atoms with van der Waals surface area (Å²) in [7, 11) is 0. The lowest BCUT2D eigenvalue weighted by Gasteiger charge is -2.12. The normalized spacial score (nSPS) is 15.7. The lowest BCUT2D eigenvalue weighted by Crippen LogP contribution is -2.24. The minimum atomic E-state index is -0.260. The van der Waals surface area contributed by atoms with Crippen molar-refractivity contribution in [2.75, 3.05) is 24.2 Å². The number of para-hydroxylation sites is 1. The summed E-state index contributed by atoms with van der Waals surface area (Å²) < 4.78 is 11.4. The van der Waals surface area contributed by atoms with Crippen LogP contribution < -0.4 is 21.1 Å². The van der Waals surface area contributed by atoms with Crippen LogP contribution in [-0.4, -0.2) is 30.1 Å². The molecule has 156 valence electrons. The van der Waals surface area contributed by atoms with Gasteiger partial charge in [-0.25, -0.2) is 4.98 Å². The van der Waals surface area contributed by atoms with Crippen molar-refractivity contribution in [2.24, 2.45) is 0 Å². The highest BCUT2D eigenvalue weighted by Crippen LogP contribution is 2.29. The Labute approximate surface area is 179 Å². The molecule has 0 saturated carbocycles. The zero-order valence-corrected chi connectivity index (χ0v) is 17.3. The third kappa shape index (κ3) is 5.28. The van der Waals surface area contributed by atoms with Gasteiger partial charge >= 0.3 is 0 Å². The smallest absolute Gasteiger partial charge is 0.255 e. The first kappa shape index (κ1) is 20.2. The molecule has 8 heteroatoms. The van der Waals surface area contributed by atoms with Gasteiger partial charge in [-0.15, -0.1) is 11.3 Å². The predicted molar refractivity (Wildman–Crippen MR) is 118 cm³/mol. The molecule has 0 bridgehead atoms. The average Bonchev–Trinajstić information content (AvgIpc) is 3.43. The van der Waals surface area contributed by atoms with Gasteiger partial charge in [0, 0.05) is 18.0 Å². The van der Waals surface area contributed by atoms with Crippen molar-refractivity contribution in [3.8, 4) is 10.8 Å². The highest BCUT2D eigenvalue weighted by molar-refractivity contribution is 7.13. The van der Waals surface area contributed by atoms with Crippen LogP contribution in [0.2, 0.25) is 0 Å². The number of benzene rings is 1. The lowest BCUT2D eigenvalue weighted by atomic mass is 10.2. The maximum Gasteiger partial charge on any atom is 0.255 e. The Morgan fingerprint density at radius 1 is 1.20 bits per heavy atom. The molecule has 1 amide bonds. The van der Waals surface area contributed by atoms with Crippen LogP contribution in [0.3, 0.4) is 0 Å². The van der Waals surface area contributed by atoms with E-state index in [-0.39, 0.29) is 17.8 Å². The molecule has 1 atom stereocenters. The van der Waals surface area contributed by atoms with Gasteiger partial charge in [0.2, 0.25) is 0 Å². The van der Waals surface area contributed by atoms with Gasteiger partial charge in [-0.05, 0) is 49.2 Å². The van der Waals surface area contributed by atoms with Gasteiger partial charge in [0.15, 0.2) is 5.06 Å². The van der Waals surface area contributed by atoms with E-state index in [1.807, 2.05) is 42.5 Å². The molecular weight excluding hydrogens is 400 g/mol. The van der Waals surface area contributed by atoms with Crippen LogP contribution in [0.15, 0.2) is 54.6 Å². The van der Waals surface area contributed by atoms with Gasteiger partial charge in [-0.3, -0.25) is 4.79 Å². The summed E-state index contributed by atoms with van der Waals surface area (Å²) in [6, 6.07) is 16.9. The van der Waals surface area contributed by atoms with Crippen molar-refractivity contribution in [1.82, 2.24) is 10.3 Å². The molecule has 0 aliphatic carbocycles. The van der Waals surface area contributed by atoms with Gasteiger partial charge in [0.1, 0.15) is 17.4 Å². The number of hydrogen-bond donors (Lipinski definition) is 3. The topological polar surface area (TPSA) is 98.5 Å². The molecule has 0 radical (unpaired) electrons. The van der Waals surface area contributed by atoms with Crippen molar-refractivity contribution in [3.05, 3.63) is 65.0 Å². The molecule has 1 saturated heterocycles. The first-order valence-electron chi connectivity index (χ1n) is 9.89. The summed E-state index contributed by atoms with van der Waals surface area (Å²) >= 11 is 1.48. The van der Waals surface area contributed by atoms with E-state index in [0.717, 1.165) is 35.1 Å². The highest BCUT2D eigenvalue weighted by atomic mass is 32.1. The number of pyridine rings is 1. The lowest BCUT2D eigenvalue weighted by molar-refractivity contribution is 0.0952. The summed E-state index contributed by atoms with van der Waals surface area (Å²) in [6.07, 6.45) is 2.34. The Hall–Kier alpha value is -3.10. The van der Waals surface area contributed by atoms with Crippen molar-refractivity contribution >= 4 is 28.9 Å². The molecular formula is C22H24N4O3S. The number of thiophene rings is 1. The highest BCUT2D eigenvalue weighted by Gasteiger charge is 2.16. The van der Waals surface area contributed by atoms with Crippen LogP contribution in [0.5, 0.6) is 10.8 Å². The Kier molecular flexibility index (Phi) is 6.46. The molecule has 1 aromatic carbocycles. The molecule has 1 unspecified atom stereocenters. The van der Waals surface area contributed by atoms with Gasteiger partial charge in [0.05, 0.1) is 18.2 Å². The number of ether oxygens (including phenoxy) is 2. The Balaban J connectivity index is 1.29. The Morgan fingerprint density at radius 2 is 2.07 bits per heavy atom. The molecule has 1 fully saturated rings. The zero-order chi connectivity index (χ0) is 20.8. The van der Waals surface area contributed by atoms with Crippen LogP contribution in [0.1, 0.15) is 28.1 Å². The summed E-state index contributed by atoms with van der Waals surface area (Å²) in [6.45, 7) is 1.88. The minimum Gasteiger partial charge on any atom is -0.447 e. The van der Waals surface area contributed by atoms with E-state index in [2.05, 4.69) is 15.6 Å². The Bertz CT molecular complexity index is 987. The molecule has 3 aromatic rings. The third-order valence-corrected chi connectivity index (χ3v) is 5.69. The molecule has 4 rings (SSSR count). The Morgan fingerprint density at radius 3 is 2.83 bits per heavy atom. The van der Waals surface area contributed by atoms with Crippen molar-refractivity contribution in [3.63, 3.8) is 0 Å². The quantitative estimate of drug-likeness (QED) is 0.505. The van der Waals surface area contributed by atoms with Crippen LogP contribution in [0, 0.1) is 0 Å². The number of nitrogen functional groups attached to an aromatic ring is 1. The van der Waals surface area contributed by atoms with E-state index in [4.69, 9.17) is 15.2 Å². The number of carbonyl (C=O) groups excluding carboxylic acids is 1. The molecule has 1 aliphatic rings. The third-order valence-electron chi connectivity index (χ3n) is 4.73. The fourth-order valence-electron chi connectivity index (χ4n) is 3.16. The van der Waals surface area contributed by atoms with E-state index >= 15 is 0 Å². The largest absolute Gasteiger partial charge is 0.447 e. The summed E-state index contributed by atoms with van der Waals surface area (Å²) in [4.78, 5) is 17.8.